The van der Waals surface area contributed by atoms with E-state index in [2.05, 4.69) is 10.0 Å². The topological polar surface area (TPSA) is 58.2 Å². The number of sulfonamides is 1. The van der Waals surface area contributed by atoms with E-state index in [4.69, 9.17) is 23.2 Å². The second kappa shape index (κ2) is 8.66. The molecule has 0 aliphatic rings. The predicted octanol–water partition coefficient (Wildman–Crippen LogP) is 3.20. The molecule has 0 atom stereocenters. The standard InChI is InChI=1S/C16H18Cl2N2O2S/c17-15-8-4-7-14(16(15)18)12-19-9-10-23(21,22)20-11-13-5-2-1-3-6-13/h1-8,19-20H,9-12H2. The van der Waals surface area contributed by atoms with Crippen LogP contribution in [-0.2, 0) is 23.1 Å². The Bertz CT molecular complexity index is 737. The summed E-state index contributed by atoms with van der Waals surface area (Å²) in [5.74, 6) is -0.00197. The first-order chi connectivity index (χ1) is 11.0. The number of benzene rings is 2. The van der Waals surface area contributed by atoms with Gasteiger partial charge in [-0.1, -0.05) is 65.7 Å². The van der Waals surface area contributed by atoms with Crippen LogP contribution in [0.3, 0.4) is 0 Å². The van der Waals surface area contributed by atoms with Crippen molar-refractivity contribution in [3.8, 4) is 0 Å². The summed E-state index contributed by atoms with van der Waals surface area (Å²) in [6, 6.07) is 14.8. The minimum absolute atomic E-state index is 0.00197. The summed E-state index contributed by atoms with van der Waals surface area (Å²) in [6.07, 6.45) is 0. The van der Waals surface area contributed by atoms with Crippen molar-refractivity contribution in [3.05, 3.63) is 69.7 Å². The molecule has 2 aromatic rings. The molecule has 0 bridgehead atoms. The Hall–Kier alpha value is -1.11. The molecular formula is C16H18Cl2N2O2S. The zero-order valence-electron chi connectivity index (χ0n) is 12.4. The molecule has 0 saturated heterocycles. The summed E-state index contributed by atoms with van der Waals surface area (Å²) in [5.41, 5.74) is 1.77. The summed E-state index contributed by atoms with van der Waals surface area (Å²) in [4.78, 5) is 0. The molecule has 2 rings (SSSR count). The molecule has 23 heavy (non-hydrogen) atoms. The molecule has 0 radical (unpaired) electrons. The maximum absolute atomic E-state index is 11.9. The van der Waals surface area contributed by atoms with Gasteiger partial charge in [-0.25, -0.2) is 13.1 Å². The highest BCUT2D eigenvalue weighted by Crippen LogP contribution is 2.25. The van der Waals surface area contributed by atoms with Crippen LogP contribution in [0.4, 0.5) is 0 Å². The highest BCUT2D eigenvalue weighted by Gasteiger charge is 2.10. The molecule has 0 amide bonds. The van der Waals surface area contributed by atoms with E-state index in [9.17, 15) is 8.42 Å². The van der Waals surface area contributed by atoms with E-state index in [0.717, 1.165) is 11.1 Å². The number of rotatable bonds is 8. The lowest BCUT2D eigenvalue weighted by Crippen LogP contribution is -2.31. The van der Waals surface area contributed by atoms with Crippen molar-refractivity contribution in [2.24, 2.45) is 0 Å². The fraction of sp³-hybridized carbons (Fsp3) is 0.250. The molecule has 0 aliphatic carbocycles. The Morgan fingerprint density at radius 1 is 0.913 bits per heavy atom. The normalized spacial score (nSPS) is 11.6. The van der Waals surface area contributed by atoms with E-state index in [1.165, 1.54) is 0 Å². The second-order valence-corrected chi connectivity index (χ2v) is 7.73. The van der Waals surface area contributed by atoms with Gasteiger partial charge in [0.2, 0.25) is 10.0 Å². The Morgan fingerprint density at radius 2 is 1.65 bits per heavy atom. The van der Waals surface area contributed by atoms with E-state index in [1.54, 1.807) is 6.07 Å². The van der Waals surface area contributed by atoms with E-state index in [0.29, 0.717) is 29.7 Å². The van der Waals surface area contributed by atoms with Crippen LogP contribution in [0.5, 0.6) is 0 Å². The lowest BCUT2D eigenvalue weighted by atomic mass is 10.2. The predicted molar refractivity (Wildman–Crippen MR) is 95.2 cm³/mol. The summed E-state index contributed by atoms with van der Waals surface area (Å²) in [6.45, 7) is 1.09. The van der Waals surface area contributed by atoms with Gasteiger partial charge in [0.05, 0.1) is 15.8 Å². The van der Waals surface area contributed by atoms with Crippen LogP contribution in [0.1, 0.15) is 11.1 Å². The van der Waals surface area contributed by atoms with E-state index >= 15 is 0 Å². The molecule has 2 N–H and O–H groups in total. The van der Waals surface area contributed by atoms with Gasteiger partial charge in [0.15, 0.2) is 0 Å². The summed E-state index contributed by atoms with van der Waals surface area (Å²) >= 11 is 12.0. The largest absolute Gasteiger partial charge is 0.312 e. The summed E-state index contributed by atoms with van der Waals surface area (Å²) in [5, 5.41) is 4.04. The minimum atomic E-state index is -3.32. The van der Waals surface area contributed by atoms with Crippen molar-refractivity contribution in [2.45, 2.75) is 13.1 Å². The average molecular weight is 373 g/mol. The molecule has 4 nitrogen and oxygen atoms in total. The summed E-state index contributed by atoms with van der Waals surface area (Å²) < 4.78 is 26.5. The maximum atomic E-state index is 11.9. The van der Waals surface area contributed by atoms with Crippen molar-refractivity contribution >= 4 is 33.2 Å². The first-order valence-corrected chi connectivity index (χ1v) is 9.53. The molecule has 0 aromatic heterocycles. The van der Waals surface area contributed by atoms with Crippen LogP contribution >= 0.6 is 23.2 Å². The summed E-state index contributed by atoms with van der Waals surface area (Å²) in [7, 11) is -3.32. The Morgan fingerprint density at radius 3 is 2.39 bits per heavy atom. The third-order valence-electron chi connectivity index (χ3n) is 3.23. The monoisotopic (exact) mass is 372 g/mol. The lowest BCUT2D eigenvalue weighted by Gasteiger charge is -2.09. The molecule has 0 aliphatic heterocycles. The molecule has 7 heteroatoms. The van der Waals surface area contributed by atoms with Gasteiger partial charge in [0.1, 0.15) is 0 Å². The van der Waals surface area contributed by atoms with E-state index in [1.807, 2.05) is 42.5 Å². The maximum Gasteiger partial charge on any atom is 0.213 e. The fourth-order valence-electron chi connectivity index (χ4n) is 1.98. The fourth-order valence-corrected chi connectivity index (χ4v) is 3.31. The Balaban J connectivity index is 1.75. The molecule has 0 fully saturated rings. The number of hydrogen-bond acceptors (Lipinski definition) is 3. The van der Waals surface area contributed by atoms with Crippen molar-refractivity contribution in [3.63, 3.8) is 0 Å². The quantitative estimate of drug-likeness (QED) is 0.699. The van der Waals surface area contributed by atoms with Crippen molar-refractivity contribution in [1.29, 1.82) is 0 Å². The lowest BCUT2D eigenvalue weighted by molar-refractivity contribution is 0.576. The third-order valence-corrected chi connectivity index (χ3v) is 5.42. The molecule has 0 spiro atoms. The first kappa shape index (κ1) is 18.2. The van der Waals surface area contributed by atoms with E-state index < -0.39 is 10.0 Å². The van der Waals surface area contributed by atoms with Gasteiger partial charge in [0.25, 0.3) is 0 Å². The number of nitrogens with one attached hydrogen (secondary N) is 2. The third kappa shape index (κ3) is 6.12. The molecule has 2 aromatic carbocycles. The van der Waals surface area contributed by atoms with Crippen LogP contribution in [0.15, 0.2) is 48.5 Å². The highest BCUT2D eigenvalue weighted by molar-refractivity contribution is 7.89. The molecule has 124 valence electrons. The molecule has 0 heterocycles. The van der Waals surface area contributed by atoms with Gasteiger partial charge in [-0.05, 0) is 17.2 Å². The molecule has 0 saturated carbocycles. The van der Waals surface area contributed by atoms with Crippen LogP contribution in [0.2, 0.25) is 10.0 Å². The number of halogens is 2. The van der Waals surface area contributed by atoms with Crippen molar-refractivity contribution in [1.82, 2.24) is 10.0 Å². The zero-order valence-corrected chi connectivity index (χ0v) is 14.8. The average Bonchev–Trinajstić information content (AvgIpc) is 2.54. The van der Waals surface area contributed by atoms with Crippen LogP contribution in [0.25, 0.3) is 0 Å². The molecule has 0 unspecified atom stereocenters. The van der Waals surface area contributed by atoms with Gasteiger partial charge in [0, 0.05) is 19.6 Å². The van der Waals surface area contributed by atoms with E-state index in [-0.39, 0.29) is 5.75 Å². The van der Waals surface area contributed by atoms with Crippen LogP contribution in [-0.4, -0.2) is 20.7 Å². The minimum Gasteiger partial charge on any atom is -0.312 e. The molecular weight excluding hydrogens is 355 g/mol. The van der Waals surface area contributed by atoms with Gasteiger partial charge in [-0.15, -0.1) is 0 Å². The Kier molecular flexibility index (Phi) is 6.87. The van der Waals surface area contributed by atoms with Crippen LogP contribution < -0.4 is 10.0 Å². The van der Waals surface area contributed by atoms with Gasteiger partial charge in [-0.2, -0.15) is 0 Å². The van der Waals surface area contributed by atoms with Crippen LogP contribution in [0, 0.1) is 0 Å². The second-order valence-electron chi connectivity index (χ2n) is 5.02. The van der Waals surface area contributed by atoms with Gasteiger partial charge < -0.3 is 5.32 Å². The highest BCUT2D eigenvalue weighted by atomic mass is 35.5. The van der Waals surface area contributed by atoms with Gasteiger partial charge >= 0.3 is 0 Å². The first-order valence-electron chi connectivity index (χ1n) is 7.13. The van der Waals surface area contributed by atoms with Crippen molar-refractivity contribution < 1.29 is 8.42 Å². The Labute approximate surface area is 146 Å². The van der Waals surface area contributed by atoms with Gasteiger partial charge in [-0.3, -0.25) is 0 Å². The van der Waals surface area contributed by atoms with Crippen molar-refractivity contribution in [2.75, 3.05) is 12.3 Å². The SMILES string of the molecule is O=S(=O)(CCNCc1cccc(Cl)c1Cl)NCc1ccccc1. The zero-order chi connectivity index (χ0) is 16.7. The smallest absolute Gasteiger partial charge is 0.213 e. The number of hydrogen-bond donors (Lipinski definition) is 2.